The summed E-state index contributed by atoms with van der Waals surface area (Å²) in [4.78, 5) is 0. The van der Waals surface area contributed by atoms with Gasteiger partial charge in [0.05, 0.1) is 11.4 Å². The van der Waals surface area contributed by atoms with Crippen LogP contribution in [0, 0.1) is 17.8 Å². The molecule has 11 heteroatoms. The molecule has 1 unspecified atom stereocenters. The first-order valence-corrected chi connectivity index (χ1v) is 11.3. The standard InChI is InChI=1S/C14H21F3O6S2/c15-12(14(16,17)25(20,21)22)1-2-24(18,19)23-13-6-9-3-10(7-13)5-11(4-9)8-13/h9-12H,1-8H2,(H,20,21,22). The fraction of sp³-hybridized carbons (Fsp3) is 1.00. The van der Waals surface area contributed by atoms with E-state index in [1.165, 1.54) is 0 Å². The molecule has 1 atom stereocenters. The van der Waals surface area contributed by atoms with Crippen LogP contribution >= 0.6 is 0 Å². The Morgan fingerprint density at radius 1 is 1.04 bits per heavy atom. The molecule has 4 fully saturated rings. The van der Waals surface area contributed by atoms with Gasteiger partial charge in [0.15, 0.2) is 6.17 Å². The van der Waals surface area contributed by atoms with E-state index in [0.29, 0.717) is 37.0 Å². The molecule has 6 nitrogen and oxygen atoms in total. The van der Waals surface area contributed by atoms with Gasteiger partial charge in [-0.05, 0) is 56.3 Å². The summed E-state index contributed by atoms with van der Waals surface area (Å²) in [5.74, 6) is 0.138. The summed E-state index contributed by atoms with van der Waals surface area (Å²) in [6, 6.07) is 0. The maximum Gasteiger partial charge on any atom is 0.400 e. The van der Waals surface area contributed by atoms with Crippen LogP contribution in [-0.2, 0) is 24.4 Å². The van der Waals surface area contributed by atoms with Crippen molar-refractivity contribution in [2.75, 3.05) is 5.75 Å². The highest BCUT2D eigenvalue weighted by molar-refractivity contribution is 7.87. The Labute approximate surface area is 145 Å². The van der Waals surface area contributed by atoms with Gasteiger partial charge in [-0.25, -0.2) is 4.39 Å². The number of halogens is 3. The van der Waals surface area contributed by atoms with Gasteiger partial charge in [0.1, 0.15) is 0 Å². The average Bonchev–Trinajstić information content (AvgIpc) is 2.40. The normalized spacial score (nSPS) is 36.6. The predicted molar refractivity (Wildman–Crippen MR) is 81.8 cm³/mol. The molecule has 4 bridgehead atoms. The Bertz CT molecular complexity index is 698. The quantitative estimate of drug-likeness (QED) is 0.515. The number of hydrogen-bond acceptors (Lipinski definition) is 5. The van der Waals surface area contributed by atoms with Gasteiger partial charge in [-0.15, -0.1) is 0 Å². The Morgan fingerprint density at radius 3 is 1.88 bits per heavy atom. The lowest BCUT2D eigenvalue weighted by atomic mass is 9.54. The average molecular weight is 406 g/mol. The fourth-order valence-electron chi connectivity index (χ4n) is 5.02. The molecule has 146 valence electrons. The zero-order valence-corrected chi connectivity index (χ0v) is 15.0. The first kappa shape index (κ1) is 19.4. The van der Waals surface area contributed by atoms with Crippen molar-refractivity contribution in [1.29, 1.82) is 0 Å². The van der Waals surface area contributed by atoms with Crippen LogP contribution in [0.1, 0.15) is 44.9 Å². The third-order valence-corrected chi connectivity index (χ3v) is 7.90. The molecule has 0 radical (unpaired) electrons. The van der Waals surface area contributed by atoms with Gasteiger partial charge in [-0.2, -0.15) is 25.6 Å². The molecule has 0 aromatic rings. The second kappa shape index (κ2) is 6.07. The van der Waals surface area contributed by atoms with E-state index in [1.807, 2.05) is 0 Å². The van der Waals surface area contributed by atoms with Crippen LogP contribution in [0.15, 0.2) is 0 Å². The van der Waals surface area contributed by atoms with Crippen molar-refractivity contribution in [2.45, 2.75) is 62.0 Å². The van der Waals surface area contributed by atoms with E-state index in [9.17, 15) is 30.0 Å². The molecule has 4 rings (SSSR count). The molecule has 0 aromatic heterocycles. The Hall–Kier alpha value is -0.390. The van der Waals surface area contributed by atoms with Gasteiger partial charge in [0, 0.05) is 6.42 Å². The molecule has 4 aliphatic carbocycles. The predicted octanol–water partition coefficient (Wildman–Crippen LogP) is 2.51. The summed E-state index contributed by atoms with van der Waals surface area (Å²) in [6.07, 6.45) is 0.329. The molecule has 4 aliphatic rings. The highest BCUT2D eigenvalue weighted by Gasteiger charge is 2.55. The molecule has 0 aliphatic heterocycles. The highest BCUT2D eigenvalue weighted by atomic mass is 32.2. The maximum absolute atomic E-state index is 13.5. The van der Waals surface area contributed by atoms with Crippen LogP contribution in [0.25, 0.3) is 0 Å². The van der Waals surface area contributed by atoms with Crippen molar-refractivity contribution in [3.8, 4) is 0 Å². The Kier molecular flexibility index (Phi) is 4.70. The van der Waals surface area contributed by atoms with Crippen LogP contribution < -0.4 is 0 Å². The second-order valence-corrected chi connectivity index (χ2v) is 10.9. The van der Waals surface area contributed by atoms with Gasteiger partial charge in [0.2, 0.25) is 0 Å². The minimum absolute atomic E-state index is 0.402. The van der Waals surface area contributed by atoms with Gasteiger partial charge in [0.25, 0.3) is 10.1 Å². The van der Waals surface area contributed by atoms with E-state index in [-0.39, 0.29) is 0 Å². The summed E-state index contributed by atoms with van der Waals surface area (Å²) in [6.45, 7) is 0. The fourth-order valence-corrected chi connectivity index (χ4v) is 6.78. The maximum atomic E-state index is 13.5. The highest BCUT2D eigenvalue weighted by Crippen LogP contribution is 2.57. The summed E-state index contributed by atoms with van der Waals surface area (Å²) in [7, 11) is -10.3. The van der Waals surface area contributed by atoms with Crippen LogP contribution in [-0.4, -0.2) is 44.2 Å². The molecular formula is C14H21F3O6S2. The van der Waals surface area contributed by atoms with Gasteiger partial charge in [-0.3, -0.25) is 8.74 Å². The van der Waals surface area contributed by atoms with Gasteiger partial charge < -0.3 is 0 Å². The number of alkyl halides is 3. The molecule has 0 aromatic carbocycles. The third-order valence-electron chi connectivity index (χ3n) is 5.62. The third kappa shape index (κ3) is 3.84. The first-order chi connectivity index (χ1) is 11.3. The van der Waals surface area contributed by atoms with E-state index in [1.54, 1.807) is 0 Å². The van der Waals surface area contributed by atoms with E-state index in [0.717, 1.165) is 19.3 Å². The smallest absolute Gasteiger partial charge is 0.281 e. The molecule has 1 N–H and O–H groups in total. The van der Waals surface area contributed by atoms with Crippen molar-refractivity contribution in [1.82, 2.24) is 0 Å². The van der Waals surface area contributed by atoms with Crippen molar-refractivity contribution in [2.24, 2.45) is 17.8 Å². The largest absolute Gasteiger partial charge is 0.400 e. The summed E-state index contributed by atoms with van der Waals surface area (Å²) < 4.78 is 98.8. The van der Waals surface area contributed by atoms with Crippen LogP contribution in [0.4, 0.5) is 13.2 Å². The summed E-state index contributed by atoms with van der Waals surface area (Å²) >= 11 is 0. The summed E-state index contributed by atoms with van der Waals surface area (Å²) in [5.41, 5.74) is -0.828. The van der Waals surface area contributed by atoms with Crippen molar-refractivity contribution < 1.29 is 38.7 Å². The van der Waals surface area contributed by atoms with E-state index >= 15 is 0 Å². The Morgan fingerprint density at radius 2 is 1.48 bits per heavy atom. The summed E-state index contributed by atoms with van der Waals surface area (Å²) in [5, 5.41) is -5.05. The first-order valence-electron chi connectivity index (χ1n) is 8.24. The van der Waals surface area contributed by atoms with Crippen molar-refractivity contribution in [3.05, 3.63) is 0 Å². The topological polar surface area (TPSA) is 97.7 Å². The number of rotatable bonds is 7. The molecule has 4 saturated carbocycles. The lowest BCUT2D eigenvalue weighted by molar-refractivity contribution is -0.104. The molecule has 25 heavy (non-hydrogen) atoms. The van der Waals surface area contributed by atoms with Crippen LogP contribution in [0.3, 0.4) is 0 Å². The molecule has 0 amide bonds. The van der Waals surface area contributed by atoms with E-state index in [4.69, 9.17) is 8.74 Å². The van der Waals surface area contributed by atoms with Gasteiger partial charge >= 0.3 is 15.4 Å². The SMILES string of the molecule is O=S(=O)(CCC(F)C(F)(F)S(=O)(=O)O)OC12CC3CC(CC(C3)C1)C2. The van der Waals surface area contributed by atoms with E-state index in [2.05, 4.69) is 0 Å². The minimum atomic E-state index is -5.96. The lowest BCUT2D eigenvalue weighted by Gasteiger charge is -2.55. The lowest BCUT2D eigenvalue weighted by Crippen LogP contribution is -2.53. The van der Waals surface area contributed by atoms with Gasteiger partial charge in [-0.1, -0.05) is 0 Å². The Balaban J connectivity index is 1.63. The molecule has 0 saturated heterocycles. The number of hydrogen-bond donors (Lipinski definition) is 1. The monoisotopic (exact) mass is 406 g/mol. The molecule has 0 spiro atoms. The molecular weight excluding hydrogens is 385 g/mol. The minimum Gasteiger partial charge on any atom is -0.281 e. The second-order valence-electron chi connectivity index (χ2n) is 7.74. The van der Waals surface area contributed by atoms with Crippen LogP contribution in [0.2, 0.25) is 0 Å². The zero-order chi connectivity index (χ0) is 18.7. The van der Waals surface area contributed by atoms with Crippen molar-refractivity contribution >= 4 is 20.2 Å². The van der Waals surface area contributed by atoms with Crippen molar-refractivity contribution in [3.63, 3.8) is 0 Å². The zero-order valence-electron chi connectivity index (χ0n) is 13.4. The van der Waals surface area contributed by atoms with E-state index < -0.39 is 49.4 Å². The van der Waals surface area contributed by atoms with Crippen LogP contribution in [0.5, 0.6) is 0 Å². The molecule has 0 heterocycles.